The first-order valence-electron chi connectivity index (χ1n) is 11.4. The second kappa shape index (κ2) is 8.72. The Balaban J connectivity index is 1.25. The number of pyridine rings is 1. The molecule has 0 saturated carbocycles. The van der Waals surface area contributed by atoms with Crippen LogP contribution in [0, 0.1) is 11.8 Å². The van der Waals surface area contributed by atoms with E-state index in [0.29, 0.717) is 18.4 Å². The normalized spacial score (nSPS) is 21.6. The Morgan fingerprint density at radius 3 is 2.37 bits per heavy atom. The minimum atomic E-state index is 0.308. The summed E-state index contributed by atoms with van der Waals surface area (Å²) in [6.07, 6.45) is 4.29. The number of fused-ring (bicyclic) bond motifs is 1. The van der Waals surface area contributed by atoms with Gasteiger partial charge in [-0.05, 0) is 49.8 Å². The number of aliphatic hydroxyl groups excluding tert-OH is 1. The van der Waals surface area contributed by atoms with Crippen LogP contribution in [0.3, 0.4) is 0 Å². The van der Waals surface area contributed by atoms with E-state index in [1.807, 2.05) is 0 Å². The maximum atomic E-state index is 9.44. The summed E-state index contributed by atoms with van der Waals surface area (Å²) in [5.74, 6) is 3.15. The van der Waals surface area contributed by atoms with Crippen molar-refractivity contribution in [1.82, 2.24) is 9.88 Å². The van der Waals surface area contributed by atoms with Crippen LogP contribution < -0.4 is 4.90 Å². The standard InChI is InChI=1S/C24H31N5O/c30-17-18-7-13-29(14-8-18)24-23(25-11-12-26-24)20-9-15-28(16-10-20)22-6-5-19-3-1-2-4-21(19)27-22/h1-6,18,20,30H,7-17H2. The van der Waals surface area contributed by atoms with E-state index in [4.69, 9.17) is 15.0 Å². The van der Waals surface area contributed by atoms with Crippen LogP contribution >= 0.6 is 0 Å². The number of aliphatic hydroxyl groups is 1. The lowest BCUT2D eigenvalue weighted by atomic mass is 9.89. The average Bonchev–Trinajstić information content (AvgIpc) is 2.84. The highest BCUT2D eigenvalue weighted by Crippen LogP contribution is 2.27. The van der Waals surface area contributed by atoms with Gasteiger partial charge in [0.25, 0.3) is 0 Å². The molecular formula is C24H31N5O. The number of piperidine rings is 2. The molecule has 3 aliphatic heterocycles. The molecule has 0 radical (unpaired) electrons. The van der Waals surface area contributed by atoms with Crippen molar-refractivity contribution in [1.29, 1.82) is 0 Å². The molecule has 6 heteroatoms. The van der Waals surface area contributed by atoms with Gasteiger partial charge in [0.2, 0.25) is 0 Å². The molecule has 5 rings (SSSR count). The molecule has 0 unspecified atom stereocenters. The van der Waals surface area contributed by atoms with Gasteiger partial charge >= 0.3 is 0 Å². The van der Waals surface area contributed by atoms with Gasteiger partial charge in [0, 0.05) is 44.1 Å². The summed E-state index contributed by atoms with van der Waals surface area (Å²) in [6.45, 7) is 5.93. The molecule has 2 aromatic rings. The van der Waals surface area contributed by atoms with Crippen LogP contribution in [0.25, 0.3) is 10.9 Å². The third kappa shape index (κ3) is 3.93. The van der Waals surface area contributed by atoms with Crippen LogP contribution in [-0.4, -0.2) is 72.4 Å². The minimum Gasteiger partial charge on any atom is -0.396 e. The number of aliphatic imine (C=N–C) groups is 2. The summed E-state index contributed by atoms with van der Waals surface area (Å²) in [6, 6.07) is 12.6. The van der Waals surface area contributed by atoms with Crippen molar-refractivity contribution in [2.24, 2.45) is 21.8 Å². The topological polar surface area (TPSA) is 64.3 Å². The van der Waals surface area contributed by atoms with Gasteiger partial charge in [0.05, 0.1) is 24.3 Å². The minimum absolute atomic E-state index is 0.308. The zero-order valence-corrected chi connectivity index (χ0v) is 17.6. The van der Waals surface area contributed by atoms with E-state index in [1.165, 1.54) is 11.1 Å². The average molecular weight is 406 g/mol. The molecule has 0 bridgehead atoms. The number of benzene rings is 1. The van der Waals surface area contributed by atoms with Crippen molar-refractivity contribution in [3.05, 3.63) is 36.4 Å². The van der Waals surface area contributed by atoms with Crippen molar-refractivity contribution in [3.8, 4) is 0 Å². The summed E-state index contributed by atoms with van der Waals surface area (Å²) < 4.78 is 0. The van der Waals surface area contributed by atoms with E-state index in [2.05, 4.69) is 46.2 Å². The molecular weight excluding hydrogens is 374 g/mol. The van der Waals surface area contributed by atoms with E-state index >= 15 is 0 Å². The number of para-hydroxylation sites is 1. The van der Waals surface area contributed by atoms with Crippen molar-refractivity contribution in [2.45, 2.75) is 25.7 Å². The largest absolute Gasteiger partial charge is 0.396 e. The zero-order chi connectivity index (χ0) is 20.3. The number of hydrogen-bond acceptors (Lipinski definition) is 6. The molecule has 0 amide bonds. The summed E-state index contributed by atoms with van der Waals surface area (Å²) in [5, 5.41) is 10.6. The van der Waals surface area contributed by atoms with E-state index in [0.717, 1.165) is 82.1 Å². The van der Waals surface area contributed by atoms with Crippen LogP contribution in [-0.2, 0) is 0 Å². The fourth-order valence-corrected chi connectivity index (χ4v) is 4.99. The van der Waals surface area contributed by atoms with E-state index < -0.39 is 0 Å². The molecule has 1 N–H and O–H groups in total. The summed E-state index contributed by atoms with van der Waals surface area (Å²) >= 11 is 0. The Bertz CT molecular complexity index is 940. The molecule has 3 aliphatic rings. The summed E-state index contributed by atoms with van der Waals surface area (Å²) in [5.41, 5.74) is 2.30. The maximum absolute atomic E-state index is 9.44. The molecule has 2 fully saturated rings. The van der Waals surface area contributed by atoms with Gasteiger partial charge in [-0.1, -0.05) is 18.2 Å². The smallest absolute Gasteiger partial charge is 0.145 e. The van der Waals surface area contributed by atoms with Gasteiger partial charge in [-0.2, -0.15) is 0 Å². The first-order valence-corrected chi connectivity index (χ1v) is 11.4. The van der Waals surface area contributed by atoms with Gasteiger partial charge in [-0.25, -0.2) is 4.98 Å². The van der Waals surface area contributed by atoms with E-state index in [1.54, 1.807) is 0 Å². The fraction of sp³-hybridized carbons (Fsp3) is 0.542. The lowest BCUT2D eigenvalue weighted by Gasteiger charge is -2.38. The predicted octanol–water partition coefficient (Wildman–Crippen LogP) is 3.01. The van der Waals surface area contributed by atoms with Crippen molar-refractivity contribution < 1.29 is 5.11 Å². The first-order chi connectivity index (χ1) is 14.8. The van der Waals surface area contributed by atoms with Crippen LogP contribution in [0.4, 0.5) is 5.82 Å². The van der Waals surface area contributed by atoms with Crippen molar-refractivity contribution in [2.75, 3.05) is 50.8 Å². The third-order valence-electron chi connectivity index (χ3n) is 6.83. The van der Waals surface area contributed by atoms with E-state index in [9.17, 15) is 5.11 Å². The molecule has 1 aromatic heterocycles. The third-order valence-corrected chi connectivity index (χ3v) is 6.83. The molecule has 0 spiro atoms. The Hall–Kier alpha value is -2.47. The van der Waals surface area contributed by atoms with Crippen LogP contribution in [0.15, 0.2) is 46.4 Å². The number of aromatic nitrogens is 1. The highest BCUT2D eigenvalue weighted by molar-refractivity contribution is 6.42. The molecule has 0 atom stereocenters. The lowest BCUT2D eigenvalue weighted by Crippen LogP contribution is -2.48. The molecule has 1 aromatic carbocycles. The monoisotopic (exact) mass is 405 g/mol. The summed E-state index contributed by atoms with van der Waals surface area (Å²) in [7, 11) is 0. The fourth-order valence-electron chi connectivity index (χ4n) is 4.99. The highest BCUT2D eigenvalue weighted by atomic mass is 16.3. The second-order valence-corrected chi connectivity index (χ2v) is 8.71. The molecule has 30 heavy (non-hydrogen) atoms. The number of rotatable bonds is 3. The second-order valence-electron chi connectivity index (χ2n) is 8.71. The van der Waals surface area contributed by atoms with Gasteiger partial charge in [0.15, 0.2) is 0 Å². The summed E-state index contributed by atoms with van der Waals surface area (Å²) in [4.78, 5) is 19.6. The maximum Gasteiger partial charge on any atom is 0.145 e. The highest BCUT2D eigenvalue weighted by Gasteiger charge is 2.31. The van der Waals surface area contributed by atoms with Crippen LogP contribution in [0.5, 0.6) is 0 Å². The Kier molecular flexibility index (Phi) is 5.67. The van der Waals surface area contributed by atoms with Crippen molar-refractivity contribution >= 4 is 28.3 Å². The van der Waals surface area contributed by atoms with Gasteiger partial charge < -0.3 is 14.9 Å². The quantitative estimate of drug-likeness (QED) is 0.853. The van der Waals surface area contributed by atoms with Crippen molar-refractivity contribution in [3.63, 3.8) is 0 Å². The first kappa shape index (κ1) is 19.5. The Labute approximate surface area is 178 Å². The number of hydrogen-bond donors (Lipinski definition) is 1. The molecule has 0 aliphatic carbocycles. The van der Waals surface area contributed by atoms with Gasteiger partial charge in [-0.3, -0.25) is 9.98 Å². The van der Waals surface area contributed by atoms with E-state index in [-0.39, 0.29) is 0 Å². The van der Waals surface area contributed by atoms with Gasteiger partial charge in [-0.15, -0.1) is 0 Å². The SMILES string of the molecule is OCC1CCN(C2=NCCN=C2C2CCN(c3ccc4ccccc4n3)CC2)CC1. The lowest BCUT2D eigenvalue weighted by molar-refractivity contribution is 0.166. The van der Waals surface area contributed by atoms with Crippen LogP contribution in [0.2, 0.25) is 0 Å². The number of likely N-dealkylation sites (tertiary alicyclic amines) is 1. The molecule has 4 heterocycles. The predicted molar refractivity (Wildman–Crippen MR) is 123 cm³/mol. The Morgan fingerprint density at radius 2 is 1.57 bits per heavy atom. The zero-order valence-electron chi connectivity index (χ0n) is 17.6. The molecule has 6 nitrogen and oxygen atoms in total. The van der Waals surface area contributed by atoms with Gasteiger partial charge in [0.1, 0.15) is 11.7 Å². The molecule has 158 valence electrons. The number of anilines is 1. The molecule has 2 saturated heterocycles. The Morgan fingerprint density at radius 1 is 0.833 bits per heavy atom. The van der Waals surface area contributed by atoms with Crippen LogP contribution in [0.1, 0.15) is 25.7 Å². The number of nitrogens with zero attached hydrogens (tertiary/aromatic N) is 5. The number of amidine groups is 1.